The summed E-state index contributed by atoms with van der Waals surface area (Å²) < 4.78 is 0. The summed E-state index contributed by atoms with van der Waals surface area (Å²) in [6.07, 6.45) is 6.82. The Labute approximate surface area is 217 Å². The highest BCUT2D eigenvalue weighted by molar-refractivity contribution is 6.33. The lowest BCUT2D eigenvalue weighted by molar-refractivity contribution is 0.0658. The molecule has 36 heavy (non-hydrogen) atoms. The summed E-state index contributed by atoms with van der Waals surface area (Å²) in [6.45, 7) is 10.6. The number of hydrazone groups is 1. The largest absolute Gasteiger partial charge is 0.335 e. The number of amides is 1. The number of aromatic nitrogens is 1. The summed E-state index contributed by atoms with van der Waals surface area (Å²) in [6, 6.07) is 9.90. The van der Waals surface area contributed by atoms with Crippen LogP contribution in [0.4, 0.5) is 11.4 Å². The SMILES string of the molecule is [C-]#[N+]c1ccc(N2N=C3c4ccc(C(=O)N5CCN(C)CC5)nc4CCC3C2C2CCCC2)cc1Cl. The maximum Gasteiger partial charge on any atom is 0.272 e. The second-order valence-electron chi connectivity index (χ2n) is 10.5. The number of rotatable bonds is 3. The first kappa shape index (κ1) is 23.4. The third kappa shape index (κ3) is 4.07. The highest BCUT2D eigenvalue weighted by Crippen LogP contribution is 2.45. The molecule has 1 amide bonds. The third-order valence-electron chi connectivity index (χ3n) is 8.41. The molecule has 0 radical (unpaired) electrons. The minimum Gasteiger partial charge on any atom is -0.335 e. The van der Waals surface area contributed by atoms with Gasteiger partial charge in [-0.3, -0.25) is 9.80 Å². The van der Waals surface area contributed by atoms with Gasteiger partial charge in [0, 0.05) is 42.7 Å². The summed E-state index contributed by atoms with van der Waals surface area (Å²) in [5.74, 6) is 0.949. The van der Waals surface area contributed by atoms with Crippen LogP contribution in [0, 0.1) is 18.4 Å². The van der Waals surface area contributed by atoms with E-state index in [1.807, 2.05) is 23.1 Å². The van der Waals surface area contributed by atoms with Crippen LogP contribution in [0.2, 0.25) is 5.02 Å². The summed E-state index contributed by atoms with van der Waals surface area (Å²) >= 11 is 6.43. The Balaban J connectivity index is 1.33. The van der Waals surface area contributed by atoms with Crippen molar-refractivity contribution in [3.8, 4) is 0 Å². The van der Waals surface area contributed by atoms with Gasteiger partial charge in [0.1, 0.15) is 5.69 Å². The van der Waals surface area contributed by atoms with Gasteiger partial charge in [0.05, 0.1) is 29.7 Å². The molecule has 7 nitrogen and oxygen atoms in total. The molecule has 1 saturated carbocycles. The fourth-order valence-electron chi connectivity index (χ4n) is 6.44. The van der Waals surface area contributed by atoms with Crippen LogP contribution in [-0.4, -0.2) is 65.7 Å². The maximum absolute atomic E-state index is 13.1. The Morgan fingerprint density at radius 1 is 1.08 bits per heavy atom. The van der Waals surface area contributed by atoms with Gasteiger partial charge >= 0.3 is 0 Å². The topological polar surface area (TPSA) is 56.4 Å². The van der Waals surface area contributed by atoms with Crippen molar-refractivity contribution in [2.24, 2.45) is 16.9 Å². The fourth-order valence-corrected chi connectivity index (χ4v) is 6.66. The Bertz CT molecular complexity index is 1260. The standard InChI is InChI=1S/C28H31ClN6O/c1-30-24-10-7-19(17-22(24)29)35-27(18-5-3-4-6-18)21-9-11-23-20(26(21)32-35)8-12-25(31-23)28(36)34-15-13-33(2)14-16-34/h7-8,10,12,17-18,21,27H,3-6,9,11,13-16H2,2H3. The van der Waals surface area contributed by atoms with Gasteiger partial charge in [-0.1, -0.05) is 30.5 Å². The van der Waals surface area contributed by atoms with Crippen LogP contribution < -0.4 is 5.01 Å². The first-order valence-electron chi connectivity index (χ1n) is 13.1. The van der Waals surface area contributed by atoms with Gasteiger partial charge in [0.2, 0.25) is 5.69 Å². The Morgan fingerprint density at radius 3 is 2.58 bits per heavy atom. The number of hydrogen-bond acceptors (Lipinski definition) is 5. The van der Waals surface area contributed by atoms with Gasteiger partial charge in [-0.25, -0.2) is 9.83 Å². The van der Waals surface area contributed by atoms with Crippen molar-refractivity contribution in [2.45, 2.75) is 44.6 Å². The molecule has 2 aromatic rings. The molecular formula is C28H31ClN6O. The molecule has 2 aliphatic carbocycles. The number of benzene rings is 1. The number of carbonyl (C=O) groups is 1. The van der Waals surface area contributed by atoms with Gasteiger partial charge in [-0.15, -0.1) is 0 Å². The lowest BCUT2D eigenvalue weighted by Gasteiger charge is -2.34. The summed E-state index contributed by atoms with van der Waals surface area (Å²) in [7, 11) is 2.09. The summed E-state index contributed by atoms with van der Waals surface area (Å²) in [4.78, 5) is 25.7. The molecule has 4 aliphatic rings. The number of pyridine rings is 1. The highest BCUT2D eigenvalue weighted by atomic mass is 35.5. The number of fused-ring (bicyclic) bond motifs is 3. The Morgan fingerprint density at radius 2 is 1.86 bits per heavy atom. The Hall–Kier alpha value is -2.95. The molecule has 0 bridgehead atoms. The lowest BCUT2D eigenvalue weighted by Crippen LogP contribution is -2.47. The van der Waals surface area contributed by atoms with Crippen molar-refractivity contribution < 1.29 is 4.79 Å². The molecule has 2 unspecified atom stereocenters. The number of aryl methyl sites for hydroxylation is 1. The van der Waals surface area contributed by atoms with Crippen LogP contribution in [-0.2, 0) is 6.42 Å². The molecular weight excluding hydrogens is 472 g/mol. The first-order valence-corrected chi connectivity index (χ1v) is 13.4. The monoisotopic (exact) mass is 502 g/mol. The fraction of sp³-hybridized carbons (Fsp3) is 0.500. The van der Waals surface area contributed by atoms with E-state index in [1.54, 1.807) is 6.07 Å². The molecule has 2 fully saturated rings. The molecule has 2 aliphatic heterocycles. The van der Waals surface area contributed by atoms with Crippen LogP contribution in [0.15, 0.2) is 35.4 Å². The quantitative estimate of drug-likeness (QED) is 0.553. The molecule has 8 heteroatoms. The lowest BCUT2D eigenvalue weighted by atomic mass is 9.76. The molecule has 6 rings (SSSR count). The first-order chi connectivity index (χ1) is 17.5. The zero-order valence-corrected chi connectivity index (χ0v) is 21.4. The third-order valence-corrected chi connectivity index (χ3v) is 8.72. The van der Waals surface area contributed by atoms with Gasteiger partial charge < -0.3 is 9.80 Å². The van der Waals surface area contributed by atoms with Crippen molar-refractivity contribution in [1.29, 1.82) is 0 Å². The minimum absolute atomic E-state index is 0.0291. The van der Waals surface area contributed by atoms with E-state index < -0.39 is 0 Å². The number of carbonyl (C=O) groups excluding carboxylic acids is 1. The number of likely N-dealkylation sites (N-methyl/N-ethyl adjacent to an activating group) is 1. The van der Waals surface area contributed by atoms with Gasteiger partial charge in [-0.2, -0.15) is 5.10 Å². The van der Waals surface area contributed by atoms with Crippen molar-refractivity contribution >= 4 is 34.6 Å². The zero-order valence-electron chi connectivity index (χ0n) is 20.7. The van der Waals surface area contributed by atoms with E-state index in [0.29, 0.717) is 28.2 Å². The second kappa shape index (κ2) is 9.49. The van der Waals surface area contributed by atoms with Crippen LogP contribution in [0.25, 0.3) is 4.85 Å². The average Bonchev–Trinajstić information content (AvgIpc) is 3.56. The zero-order chi connectivity index (χ0) is 24.8. The number of anilines is 1. The van der Waals surface area contributed by atoms with Crippen molar-refractivity contribution in [3.63, 3.8) is 0 Å². The van der Waals surface area contributed by atoms with Crippen LogP contribution in [0.1, 0.15) is 53.8 Å². The molecule has 2 atom stereocenters. The van der Waals surface area contributed by atoms with E-state index in [9.17, 15) is 4.79 Å². The predicted molar refractivity (Wildman–Crippen MR) is 142 cm³/mol. The average molecular weight is 503 g/mol. The van der Waals surface area contributed by atoms with Crippen molar-refractivity contribution in [1.82, 2.24) is 14.8 Å². The van der Waals surface area contributed by atoms with E-state index >= 15 is 0 Å². The van der Waals surface area contributed by atoms with Crippen LogP contribution >= 0.6 is 11.6 Å². The van der Waals surface area contributed by atoms with Gasteiger partial charge in [0.15, 0.2) is 0 Å². The van der Waals surface area contributed by atoms with Crippen LogP contribution in [0.3, 0.4) is 0 Å². The minimum atomic E-state index is 0.0291. The van der Waals surface area contributed by atoms with Crippen LogP contribution in [0.5, 0.6) is 0 Å². The maximum atomic E-state index is 13.1. The molecule has 186 valence electrons. The van der Waals surface area contributed by atoms with E-state index in [0.717, 1.165) is 61.7 Å². The second-order valence-corrected chi connectivity index (χ2v) is 11.0. The van der Waals surface area contributed by atoms with E-state index in [4.69, 9.17) is 28.3 Å². The molecule has 0 N–H and O–H groups in total. The molecule has 3 heterocycles. The number of halogens is 1. The van der Waals surface area contributed by atoms with Crippen molar-refractivity contribution in [2.75, 3.05) is 38.2 Å². The van der Waals surface area contributed by atoms with E-state index in [1.165, 1.54) is 25.7 Å². The van der Waals surface area contributed by atoms with Gasteiger partial charge in [-0.05, 0) is 62.9 Å². The van der Waals surface area contributed by atoms with E-state index in [2.05, 4.69) is 27.9 Å². The molecule has 0 spiro atoms. The predicted octanol–water partition coefficient (Wildman–Crippen LogP) is 5.02. The smallest absolute Gasteiger partial charge is 0.272 e. The summed E-state index contributed by atoms with van der Waals surface area (Å²) in [5.41, 5.74) is 5.11. The molecule has 1 aromatic heterocycles. The summed E-state index contributed by atoms with van der Waals surface area (Å²) in [5, 5.41) is 7.83. The number of nitrogens with zero attached hydrogens (tertiary/aromatic N) is 6. The normalized spacial score (nSPS) is 24.3. The van der Waals surface area contributed by atoms with Crippen molar-refractivity contribution in [3.05, 3.63) is 63.7 Å². The Kier molecular flexibility index (Phi) is 6.18. The number of hydrogen-bond donors (Lipinski definition) is 0. The van der Waals surface area contributed by atoms with E-state index in [-0.39, 0.29) is 11.9 Å². The number of piperazine rings is 1. The molecule has 1 saturated heterocycles. The van der Waals surface area contributed by atoms with Gasteiger partial charge in [0.25, 0.3) is 5.91 Å². The highest BCUT2D eigenvalue weighted by Gasteiger charge is 2.46. The molecule has 1 aromatic carbocycles.